The first-order valence-electron chi connectivity index (χ1n) is 4.65. The number of hydrogen-bond donors (Lipinski definition) is 0. The van der Waals surface area contributed by atoms with Crippen LogP contribution in [0.3, 0.4) is 0 Å². The van der Waals surface area contributed by atoms with Gasteiger partial charge in [0, 0.05) is 0 Å². The molecule has 66 valence electrons. The molecular weight excluding hydrogens is 136 g/mol. The third-order valence-electron chi connectivity index (χ3n) is 2.44. The predicted molar refractivity (Wildman–Crippen MR) is 47.6 cm³/mol. The average Bonchev–Trinajstić information content (AvgIpc) is 1.86. The molecule has 0 aromatic rings. The standard InChI is InChI=1S/C10H20O/c1-8-6-5-7-9(11-8)10(2,3)4/h8-9H,5-7H2,1-4H3. The molecule has 1 heteroatoms. The van der Waals surface area contributed by atoms with Crippen LogP contribution in [0.15, 0.2) is 0 Å². The summed E-state index contributed by atoms with van der Waals surface area (Å²) < 4.78 is 5.85. The smallest absolute Gasteiger partial charge is 0.0627 e. The lowest BCUT2D eigenvalue weighted by Crippen LogP contribution is -2.35. The van der Waals surface area contributed by atoms with E-state index in [1.807, 2.05) is 0 Å². The van der Waals surface area contributed by atoms with E-state index in [4.69, 9.17) is 4.74 Å². The molecule has 1 saturated heterocycles. The molecule has 1 fully saturated rings. The van der Waals surface area contributed by atoms with Gasteiger partial charge in [0.1, 0.15) is 0 Å². The third-order valence-corrected chi connectivity index (χ3v) is 2.44. The highest BCUT2D eigenvalue weighted by molar-refractivity contribution is 4.78. The van der Waals surface area contributed by atoms with Gasteiger partial charge in [0.05, 0.1) is 12.2 Å². The van der Waals surface area contributed by atoms with Crippen LogP contribution in [0.4, 0.5) is 0 Å². The van der Waals surface area contributed by atoms with E-state index in [9.17, 15) is 0 Å². The largest absolute Gasteiger partial charge is 0.375 e. The van der Waals surface area contributed by atoms with Crippen molar-refractivity contribution in [3.05, 3.63) is 0 Å². The normalized spacial score (nSPS) is 33.8. The van der Waals surface area contributed by atoms with Crippen molar-refractivity contribution in [2.24, 2.45) is 5.41 Å². The van der Waals surface area contributed by atoms with Crippen molar-refractivity contribution in [2.45, 2.75) is 59.2 Å². The molecule has 0 N–H and O–H groups in total. The fourth-order valence-electron chi connectivity index (χ4n) is 1.64. The molecule has 0 aromatic heterocycles. The van der Waals surface area contributed by atoms with Crippen molar-refractivity contribution in [3.63, 3.8) is 0 Å². The van der Waals surface area contributed by atoms with Gasteiger partial charge in [-0.05, 0) is 31.6 Å². The Kier molecular flexibility index (Phi) is 2.58. The van der Waals surface area contributed by atoms with E-state index in [-0.39, 0.29) is 0 Å². The molecule has 0 aliphatic carbocycles. The monoisotopic (exact) mass is 156 g/mol. The van der Waals surface area contributed by atoms with Gasteiger partial charge in [-0.2, -0.15) is 0 Å². The average molecular weight is 156 g/mol. The highest BCUT2D eigenvalue weighted by Crippen LogP contribution is 2.31. The maximum absolute atomic E-state index is 5.85. The molecular formula is C10H20O. The molecule has 2 unspecified atom stereocenters. The summed E-state index contributed by atoms with van der Waals surface area (Å²) >= 11 is 0. The minimum Gasteiger partial charge on any atom is -0.375 e. The topological polar surface area (TPSA) is 9.23 Å². The molecule has 1 heterocycles. The van der Waals surface area contributed by atoms with Gasteiger partial charge >= 0.3 is 0 Å². The van der Waals surface area contributed by atoms with Crippen LogP contribution < -0.4 is 0 Å². The van der Waals surface area contributed by atoms with Gasteiger partial charge in [-0.3, -0.25) is 0 Å². The second kappa shape index (κ2) is 3.14. The van der Waals surface area contributed by atoms with Crippen molar-refractivity contribution in [1.82, 2.24) is 0 Å². The Bertz CT molecular complexity index is 123. The molecule has 1 aliphatic heterocycles. The Labute approximate surface area is 70.1 Å². The molecule has 1 nitrogen and oxygen atoms in total. The van der Waals surface area contributed by atoms with Gasteiger partial charge in [-0.1, -0.05) is 20.8 Å². The van der Waals surface area contributed by atoms with Crippen molar-refractivity contribution in [3.8, 4) is 0 Å². The molecule has 1 rings (SSSR count). The summed E-state index contributed by atoms with van der Waals surface area (Å²) in [5.41, 5.74) is 0.328. The Hall–Kier alpha value is -0.0400. The van der Waals surface area contributed by atoms with Crippen molar-refractivity contribution >= 4 is 0 Å². The summed E-state index contributed by atoms with van der Waals surface area (Å²) in [6.07, 6.45) is 4.78. The zero-order valence-corrected chi connectivity index (χ0v) is 8.18. The van der Waals surface area contributed by atoms with Gasteiger partial charge in [-0.15, -0.1) is 0 Å². The minimum atomic E-state index is 0.328. The summed E-state index contributed by atoms with van der Waals surface area (Å²) in [7, 11) is 0. The Balaban J connectivity index is 2.46. The van der Waals surface area contributed by atoms with Gasteiger partial charge < -0.3 is 4.74 Å². The van der Waals surface area contributed by atoms with Crippen LogP contribution in [0, 0.1) is 5.41 Å². The zero-order chi connectivity index (χ0) is 8.48. The number of ether oxygens (including phenoxy) is 1. The Morgan fingerprint density at radius 3 is 2.18 bits per heavy atom. The first-order chi connectivity index (χ1) is 5.00. The van der Waals surface area contributed by atoms with E-state index in [0.717, 1.165) is 0 Å². The lowest BCUT2D eigenvalue weighted by molar-refractivity contribution is -0.0904. The Morgan fingerprint density at radius 2 is 1.82 bits per heavy atom. The summed E-state index contributed by atoms with van der Waals surface area (Å²) in [5, 5.41) is 0. The molecule has 0 amide bonds. The molecule has 11 heavy (non-hydrogen) atoms. The maximum atomic E-state index is 5.85. The SMILES string of the molecule is CC1CCCC(C(C)(C)C)O1. The highest BCUT2D eigenvalue weighted by Gasteiger charge is 2.29. The molecule has 2 atom stereocenters. The molecule has 1 aliphatic rings. The summed E-state index contributed by atoms with van der Waals surface area (Å²) in [6.45, 7) is 8.96. The van der Waals surface area contributed by atoms with Gasteiger partial charge in [-0.25, -0.2) is 0 Å². The molecule has 0 saturated carbocycles. The first kappa shape index (κ1) is 9.05. The minimum absolute atomic E-state index is 0.328. The predicted octanol–water partition coefficient (Wildman–Crippen LogP) is 2.99. The van der Waals surface area contributed by atoms with Crippen molar-refractivity contribution < 1.29 is 4.74 Å². The lowest BCUT2D eigenvalue weighted by atomic mass is 9.84. The van der Waals surface area contributed by atoms with Crippen LogP contribution >= 0.6 is 0 Å². The maximum Gasteiger partial charge on any atom is 0.0627 e. The zero-order valence-electron chi connectivity index (χ0n) is 8.18. The van der Waals surface area contributed by atoms with Crippen LogP contribution in [0.1, 0.15) is 47.0 Å². The third kappa shape index (κ3) is 2.48. The summed E-state index contributed by atoms with van der Waals surface area (Å²) in [6, 6.07) is 0. The molecule has 0 spiro atoms. The number of rotatable bonds is 0. The van der Waals surface area contributed by atoms with E-state index in [0.29, 0.717) is 17.6 Å². The fraction of sp³-hybridized carbons (Fsp3) is 1.00. The van der Waals surface area contributed by atoms with Gasteiger partial charge in [0.15, 0.2) is 0 Å². The van der Waals surface area contributed by atoms with E-state index in [1.54, 1.807) is 0 Å². The van der Waals surface area contributed by atoms with Crippen LogP contribution in [-0.4, -0.2) is 12.2 Å². The summed E-state index contributed by atoms with van der Waals surface area (Å²) in [5.74, 6) is 0. The van der Waals surface area contributed by atoms with E-state index < -0.39 is 0 Å². The molecule has 0 bridgehead atoms. The Morgan fingerprint density at radius 1 is 1.18 bits per heavy atom. The van der Waals surface area contributed by atoms with E-state index in [2.05, 4.69) is 27.7 Å². The molecule has 0 radical (unpaired) electrons. The first-order valence-corrected chi connectivity index (χ1v) is 4.65. The van der Waals surface area contributed by atoms with Crippen LogP contribution in [0.25, 0.3) is 0 Å². The van der Waals surface area contributed by atoms with Crippen LogP contribution in [-0.2, 0) is 4.74 Å². The van der Waals surface area contributed by atoms with E-state index in [1.165, 1.54) is 19.3 Å². The second-order valence-electron chi connectivity index (χ2n) is 4.73. The molecule has 0 aromatic carbocycles. The van der Waals surface area contributed by atoms with E-state index >= 15 is 0 Å². The lowest BCUT2D eigenvalue weighted by Gasteiger charge is -2.36. The van der Waals surface area contributed by atoms with Crippen molar-refractivity contribution in [2.75, 3.05) is 0 Å². The van der Waals surface area contributed by atoms with Crippen LogP contribution in [0.2, 0.25) is 0 Å². The fourth-order valence-corrected chi connectivity index (χ4v) is 1.64. The van der Waals surface area contributed by atoms with Gasteiger partial charge in [0.2, 0.25) is 0 Å². The van der Waals surface area contributed by atoms with Gasteiger partial charge in [0.25, 0.3) is 0 Å². The highest BCUT2D eigenvalue weighted by atomic mass is 16.5. The quantitative estimate of drug-likeness (QED) is 0.524. The van der Waals surface area contributed by atoms with Crippen molar-refractivity contribution in [1.29, 1.82) is 0 Å². The number of hydrogen-bond acceptors (Lipinski definition) is 1. The van der Waals surface area contributed by atoms with Crippen LogP contribution in [0.5, 0.6) is 0 Å². The second-order valence-corrected chi connectivity index (χ2v) is 4.73. The summed E-state index contributed by atoms with van der Waals surface area (Å²) in [4.78, 5) is 0.